The number of fused-ring (bicyclic) bond motifs is 1. The van der Waals surface area contributed by atoms with Crippen molar-refractivity contribution in [1.29, 1.82) is 0 Å². The lowest BCUT2D eigenvalue weighted by atomic mass is 10.3. The van der Waals surface area contributed by atoms with Crippen LogP contribution in [0.5, 0.6) is 0 Å². The summed E-state index contributed by atoms with van der Waals surface area (Å²) >= 11 is 1.27. The van der Waals surface area contributed by atoms with Gasteiger partial charge in [0.15, 0.2) is 6.61 Å². The number of carbonyl (C=O) groups excluding carboxylic acids is 3. The molecule has 0 aliphatic carbocycles. The topological polar surface area (TPSA) is 99.5 Å². The average Bonchev–Trinajstić information content (AvgIpc) is 3.31. The van der Waals surface area contributed by atoms with Crippen molar-refractivity contribution >= 4 is 39.4 Å². The van der Waals surface area contributed by atoms with Gasteiger partial charge in [-0.15, -0.1) is 11.3 Å². The number of ether oxygens (including phenoxy) is 2. The van der Waals surface area contributed by atoms with Crippen LogP contribution in [0, 0.1) is 6.92 Å². The van der Waals surface area contributed by atoms with Gasteiger partial charge in [0, 0.05) is 18.4 Å². The highest BCUT2D eigenvalue weighted by Gasteiger charge is 2.18. The number of thiophene rings is 1. The number of nitrogens with zero attached hydrogens (tertiary/aromatic N) is 2. The van der Waals surface area contributed by atoms with Gasteiger partial charge in [-0.2, -0.15) is 5.10 Å². The van der Waals surface area contributed by atoms with E-state index in [1.807, 2.05) is 37.3 Å². The van der Waals surface area contributed by atoms with E-state index in [1.54, 1.807) is 17.7 Å². The fourth-order valence-corrected chi connectivity index (χ4v) is 3.92. The van der Waals surface area contributed by atoms with E-state index < -0.39 is 11.9 Å². The maximum atomic E-state index is 12.4. The molecule has 158 valence electrons. The van der Waals surface area contributed by atoms with Crippen LogP contribution in [-0.4, -0.2) is 47.4 Å². The normalized spacial score (nSPS) is 10.7. The molecule has 0 bridgehead atoms. The number of nitrogens with one attached hydrogen (secondary N) is 1. The minimum Gasteiger partial charge on any atom is -0.466 e. The number of rotatable bonds is 9. The zero-order valence-electron chi connectivity index (χ0n) is 16.8. The van der Waals surface area contributed by atoms with E-state index in [2.05, 4.69) is 10.4 Å². The first-order valence-corrected chi connectivity index (χ1v) is 10.4. The van der Waals surface area contributed by atoms with Gasteiger partial charge in [-0.3, -0.25) is 9.59 Å². The molecule has 8 nitrogen and oxygen atoms in total. The van der Waals surface area contributed by atoms with Crippen molar-refractivity contribution in [2.45, 2.75) is 26.7 Å². The number of hydrogen-bond donors (Lipinski definition) is 1. The molecule has 0 aliphatic rings. The SMILES string of the molecule is CCOC(=O)CCCNC(=O)COC(=O)c1cc2c(C)nn(-c3ccccc3)c2s1. The number of carbonyl (C=O) groups is 3. The summed E-state index contributed by atoms with van der Waals surface area (Å²) in [6.07, 6.45) is 0.692. The molecule has 3 rings (SSSR count). The summed E-state index contributed by atoms with van der Waals surface area (Å²) in [6, 6.07) is 11.4. The molecule has 2 heterocycles. The van der Waals surface area contributed by atoms with E-state index in [9.17, 15) is 14.4 Å². The minimum absolute atomic E-state index is 0.230. The van der Waals surface area contributed by atoms with Crippen molar-refractivity contribution < 1.29 is 23.9 Å². The highest BCUT2D eigenvalue weighted by Crippen LogP contribution is 2.30. The molecule has 0 fully saturated rings. The third-order valence-corrected chi connectivity index (χ3v) is 5.36. The number of benzene rings is 1. The number of esters is 2. The molecule has 2 aromatic heterocycles. The number of aryl methyl sites for hydroxylation is 1. The third-order valence-electron chi connectivity index (χ3n) is 4.27. The van der Waals surface area contributed by atoms with Gasteiger partial charge in [-0.1, -0.05) is 18.2 Å². The molecule has 0 unspecified atom stereocenters. The highest BCUT2D eigenvalue weighted by molar-refractivity contribution is 7.20. The Morgan fingerprint density at radius 3 is 2.67 bits per heavy atom. The van der Waals surface area contributed by atoms with Gasteiger partial charge < -0.3 is 14.8 Å². The molecular formula is C21H23N3O5S. The molecule has 0 saturated heterocycles. The predicted molar refractivity (Wildman–Crippen MR) is 113 cm³/mol. The quantitative estimate of drug-likeness (QED) is 0.415. The van der Waals surface area contributed by atoms with E-state index in [0.29, 0.717) is 24.4 Å². The standard InChI is InChI=1S/C21H23N3O5S/c1-3-28-19(26)10-7-11-22-18(25)13-29-21(27)17-12-16-14(2)23-24(20(16)30-17)15-8-5-4-6-9-15/h4-6,8-9,12H,3,7,10-11,13H2,1-2H3,(H,22,25). The Kier molecular flexibility index (Phi) is 7.18. The molecule has 3 aromatic rings. The molecule has 1 aromatic carbocycles. The lowest BCUT2D eigenvalue weighted by Gasteiger charge is -2.06. The van der Waals surface area contributed by atoms with Gasteiger partial charge >= 0.3 is 11.9 Å². The zero-order chi connectivity index (χ0) is 21.5. The van der Waals surface area contributed by atoms with Crippen LogP contribution in [0.25, 0.3) is 15.9 Å². The average molecular weight is 429 g/mol. The minimum atomic E-state index is -0.558. The van der Waals surface area contributed by atoms with Gasteiger partial charge in [-0.25, -0.2) is 9.48 Å². The molecule has 0 radical (unpaired) electrons. The van der Waals surface area contributed by atoms with Gasteiger partial charge in [0.2, 0.25) is 0 Å². The summed E-state index contributed by atoms with van der Waals surface area (Å²) in [5, 5.41) is 8.03. The van der Waals surface area contributed by atoms with Gasteiger partial charge in [0.1, 0.15) is 9.71 Å². The van der Waals surface area contributed by atoms with Crippen molar-refractivity contribution in [3.8, 4) is 5.69 Å². The second-order valence-electron chi connectivity index (χ2n) is 6.50. The van der Waals surface area contributed by atoms with E-state index in [0.717, 1.165) is 21.6 Å². The highest BCUT2D eigenvalue weighted by atomic mass is 32.1. The first kappa shape index (κ1) is 21.5. The summed E-state index contributed by atoms with van der Waals surface area (Å²) in [7, 11) is 0. The van der Waals surface area contributed by atoms with Crippen molar-refractivity contribution in [3.05, 3.63) is 47.0 Å². The maximum absolute atomic E-state index is 12.4. The summed E-state index contributed by atoms with van der Waals surface area (Å²) in [5.41, 5.74) is 1.71. The Hall–Kier alpha value is -3.20. The largest absolute Gasteiger partial charge is 0.466 e. The van der Waals surface area contributed by atoms with E-state index >= 15 is 0 Å². The van der Waals surface area contributed by atoms with E-state index in [4.69, 9.17) is 9.47 Å². The zero-order valence-corrected chi connectivity index (χ0v) is 17.7. The number of amides is 1. The first-order chi connectivity index (χ1) is 14.5. The number of para-hydroxylation sites is 1. The molecule has 0 saturated carbocycles. The Labute approximate surface area is 177 Å². The predicted octanol–water partition coefficient (Wildman–Crippen LogP) is 3.01. The van der Waals surface area contributed by atoms with E-state index in [1.165, 1.54) is 11.3 Å². The van der Waals surface area contributed by atoms with Gasteiger partial charge in [0.05, 0.1) is 18.0 Å². The molecule has 9 heteroatoms. The lowest BCUT2D eigenvalue weighted by molar-refractivity contribution is -0.143. The van der Waals surface area contributed by atoms with Crippen LogP contribution in [0.1, 0.15) is 35.1 Å². The fourth-order valence-electron chi connectivity index (χ4n) is 2.84. The Morgan fingerprint density at radius 2 is 1.93 bits per heavy atom. The van der Waals surface area contributed by atoms with Crippen molar-refractivity contribution in [2.75, 3.05) is 19.8 Å². The van der Waals surface area contributed by atoms with Crippen molar-refractivity contribution in [1.82, 2.24) is 15.1 Å². The van der Waals surface area contributed by atoms with Crippen LogP contribution >= 0.6 is 11.3 Å². The van der Waals surface area contributed by atoms with Crippen LogP contribution in [0.2, 0.25) is 0 Å². The molecule has 1 amide bonds. The Balaban J connectivity index is 1.55. The van der Waals surface area contributed by atoms with Crippen LogP contribution in [-0.2, 0) is 19.1 Å². The summed E-state index contributed by atoms with van der Waals surface area (Å²) in [5.74, 6) is -1.27. The van der Waals surface area contributed by atoms with Gasteiger partial charge in [0.25, 0.3) is 5.91 Å². The van der Waals surface area contributed by atoms with Crippen LogP contribution in [0.3, 0.4) is 0 Å². The third kappa shape index (κ3) is 5.24. The Bertz CT molecular complexity index is 1040. The molecule has 0 atom stereocenters. The lowest BCUT2D eigenvalue weighted by Crippen LogP contribution is -2.29. The smallest absolute Gasteiger partial charge is 0.348 e. The summed E-state index contributed by atoms with van der Waals surface area (Å²) < 4.78 is 11.7. The molecule has 0 aliphatic heterocycles. The van der Waals surface area contributed by atoms with E-state index in [-0.39, 0.29) is 19.0 Å². The number of aromatic nitrogens is 2. The maximum Gasteiger partial charge on any atom is 0.348 e. The molecular weight excluding hydrogens is 406 g/mol. The first-order valence-electron chi connectivity index (χ1n) is 9.63. The van der Waals surface area contributed by atoms with Crippen molar-refractivity contribution in [3.63, 3.8) is 0 Å². The molecule has 0 spiro atoms. The summed E-state index contributed by atoms with van der Waals surface area (Å²) in [6.45, 7) is 3.89. The second kappa shape index (κ2) is 10.0. The Morgan fingerprint density at radius 1 is 1.17 bits per heavy atom. The number of hydrogen-bond acceptors (Lipinski definition) is 7. The van der Waals surface area contributed by atoms with Gasteiger partial charge in [-0.05, 0) is 38.5 Å². The monoisotopic (exact) mass is 429 g/mol. The second-order valence-corrected chi connectivity index (χ2v) is 7.53. The molecule has 1 N–H and O–H groups in total. The summed E-state index contributed by atoms with van der Waals surface area (Å²) in [4.78, 5) is 36.7. The molecule has 30 heavy (non-hydrogen) atoms. The van der Waals surface area contributed by atoms with Crippen LogP contribution in [0.4, 0.5) is 0 Å². The van der Waals surface area contributed by atoms with Crippen LogP contribution < -0.4 is 5.32 Å². The fraction of sp³-hybridized carbons (Fsp3) is 0.333. The van der Waals surface area contributed by atoms with Crippen LogP contribution in [0.15, 0.2) is 36.4 Å². The van der Waals surface area contributed by atoms with Crippen molar-refractivity contribution in [2.24, 2.45) is 0 Å².